The number of carbonyl (C=O) groups excluding carboxylic acids is 2. The zero-order chi connectivity index (χ0) is 19.6. The number of hydrogen-bond acceptors (Lipinski definition) is 2. The highest BCUT2D eigenvalue weighted by molar-refractivity contribution is 6.09. The maximum atomic E-state index is 13.0. The topological polar surface area (TPSA) is 49.4 Å². The number of benzene rings is 2. The van der Waals surface area contributed by atoms with Crippen LogP contribution in [0.25, 0.3) is 0 Å². The summed E-state index contributed by atoms with van der Waals surface area (Å²) >= 11 is 0. The average molecular weight is 380 g/mol. The van der Waals surface area contributed by atoms with Gasteiger partial charge in [-0.3, -0.25) is 9.59 Å². The minimum Gasteiger partial charge on any atom is -0.351 e. The third-order valence-corrected chi connectivity index (χ3v) is 4.38. The lowest BCUT2D eigenvalue weighted by atomic mass is 10.1. The molecule has 2 aromatic rings. The molecule has 1 fully saturated rings. The highest BCUT2D eigenvalue weighted by Gasteiger charge is 2.37. The number of halogens is 4. The molecular formula is C19H16F4N2O2. The predicted octanol–water partition coefficient (Wildman–Crippen LogP) is 3.51. The first kappa shape index (κ1) is 18.9. The van der Waals surface area contributed by atoms with Gasteiger partial charge >= 0.3 is 6.18 Å². The zero-order valence-electron chi connectivity index (χ0n) is 14.1. The monoisotopic (exact) mass is 380 g/mol. The summed E-state index contributed by atoms with van der Waals surface area (Å²) in [7, 11) is 0. The molecule has 1 aliphatic rings. The fourth-order valence-corrected chi connectivity index (χ4v) is 2.97. The van der Waals surface area contributed by atoms with Crippen LogP contribution < -0.4 is 10.2 Å². The van der Waals surface area contributed by atoms with Crippen molar-refractivity contribution < 1.29 is 27.2 Å². The second-order valence-electron chi connectivity index (χ2n) is 6.22. The maximum Gasteiger partial charge on any atom is 0.416 e. The Balaban J connectivity index is 1.62. The van der Waals surface area contributed by atoms with Crippen molar-refractivity contribution in [3.05, 3.63) is 65.5 Å². The average Bonchev–Trinajstić information content (AvgIpc) is 3.01. The molecule has 3 rings (SSSR count). The molecule has 0 spiro atoms. The quantitative estimate of drug-likeness (QED) is 0.652. The van der Waals surface area contributed by atoms with Crippen LogP contribution in [0, 0.1) is 11.7 Å². The SMILES string of the molecule is O=C(NCc1cccc(C(F)(F)F)c1)C1CCN(c2ccc(F)cc2)C1=O. The van der Waals surface area contributed by atoms with Crippen LogP contribution in [0.1, 0.15) is 17.5 Å². The van der Waals surface area contributed by atoms with E-state index in [1.165, 1.54) is 41.3 Å². The molecule has 0 saturated carbocycles. The molecule has 1 N–H and O–H groups in total. The van der Waals surface area contributed by atoms with Crippen LogP contribution in [-0.2, 0) is 22.3 Å². The number of amides is 2. The number of anilines is 1. The normalized spacial score (nSPS) is 17.3. The van der Waals surface area contributed by atoms with Gasteiger partial charge in [0.05, 0.1) is 5.56 Å². The van der Waals surface area contributed by atoms with E-state index in [0.29, 0.717) is 17.8 Å². The molecule has 8 heteroatoms. The van der Waals surface area contributed by atoms with E-state index in [1.54, 1.807) is 0 Å². The molecule has 1 saturated heterocycles. The van der Waals surface area contributed by atoms with Gasteiger partial charge in [-0.1, -0.05) is 12.1 Å². The van der Waals surface area contributed by atoms with E-state index in [1.807, 2.05) is 0 Å². The second kappa shape index (κ2) is 7.38. The Labute approximate surface area is 152 Å². The first-order chi connectivity index (χ1) is 12.8. The summed E-state index contributed by atoms with van der Waals surface area (Å²) < 4.78 is 51.2. The molecule has 1 atom stereocenters. The van der Waals surface area contributed by atoms with E-state index >= 15 is 0 Å². The van der Waals surface area contributed by atoms with Crippen molar-refractivity contribution >= 4 is 17.5 Å². The van der Waals surface area contributed by atoms with Crippen LogP contribution in [0.2, 0.25) is 0 Å². The highest BCUT2D eigenvalue weighted by atomic mass is 19.4. The van der Waals surface area contributed by atoms with Gasteiger partial charge in [-0.15, -0.1) is 0 Å². The molecule has 0 bridgehead atoms. The standard InChI is InChI=1S/C19H16F4N2O2/c20-14-4-6-15(7-5-14)25-9-8-16(18(25)27)17(26)24-11-12-2-1-3-13(10-12)19(21,22)23/h1-7,10,16H,8-9,11H2,(H,24,26). The van der Waals surface area contributed by atoms with Gasteiger partial charge in [-0.2, -0.15) is 13.2 Å². The van der Waals surface area contributed by atoms with E-state index in [9.17, 15) is 27.2 Å². The van der Waals surface area contributed by atoms with E-state index in [-0.39, 0.29) is 13.0 Å². The summed E-state index contributed by atoms with van der Waals surface area (Å²) in [5, 5.41) is 2.52. The first-order valence-corrected chi connectivity index (χ1v) is 8.26. The molecule has 0 radical (unpaired) electrons. The van der Waals surface area contributed by atoms with Crippen LogP contribution in [0.4, 0.5) is 23.2 Å². The third kappa shape index (κ3) is 4.27. The van der Waals surface area contributed by atoms with Crippen molar-refractivity contribution in [2.45, 2.75) is 19.1 Å². The molecule has 2 amide bonds. The summed E-state index contributed by atoms with van der Waals surface area (Å²) in [6.07, 6.45) is -4.18. The van der Waals surface area contributed by atoms with Crippen LogP contribution in [-0.4, -0.2) is 18.4 Å². The fraction of sp³-hybridized carbons (Fsp3) is 0.263. The van der Waals surface area contributed by atoms with Crippen molar-refractivity contribution in [2.24, 2.45) is 5.92 Å². The zero-order valence-corrected chi connectivity index (χ0v) is 14.1. The van der Waals surface area contributed by atoms with Crippen molar-refractivity contribution in [2.75, 3.05) is 11.4 Å². The molecular weight excluding hydrogens is 364 g/mol. The lowest BCUT2D eigenvalue weighted by molar-refractivity contribution is -0.137. The molecule has 0 aromatic heterocycles. The molecule has 0 aliphatic carbocycles. The lowest BCUT2D eigenvalue weighted by Gasteiger charge is -2.17. The van der Waals surface area contributed by atoms with Crippen LogP contribution in [0.5, 0.6) is 0 Å². The summed E-state index contributed by atoms with van der Waals surface area (Å²) in [5.41, 5.74) is -0.0118. The van der Waals surface area contributed by atoms with Gasteiger partial charge in [0.25, 0.3) is 0 Å². The Morgan fingerprint density at radius 3 is 2.52 bits per heavy atom. The number of rotatable bonds is 4. The van der Waals surface area contributed by atoms with Gasteiger partial charge in [0.15, 0.2) is 0 Å². The molecule has 142 valence electrons. The van der Waals surface area contributed by atoms with Crippen molar-refractivity contribution in [1.82, 2.24) is 5.32 Å². The van der Waals surface area contributed by atoms with Gasteiger partial charge in [-0.25, -0.2) is 4.39 Å². The number of carbonyl (C=O) groups is 2. The Hall–Kier alpha value is -2.90. The smallest absolute Gasteiger partial charge is 0.351 e. The second-order valence-corrected chi connectivity index (χ2v) is 6.22. The van der Waals surface area contributed by atoms with Crippen molar-refractivity contribution in [1.29, 1.82) is 0 Å². The van der Waals surface area contributed by atoms with Crippen LogP contribution in [0.3, 0.4) is 0 Å². The van der Waals surface area contributed by atoms with E-state index in [2.05, 4.69) is 5.32 Å². The van der Waals surface area contributed by atoms with Crippen molar-refractivity contribution in [3.63, 3.8) is 0 Å². The summed E-state index contributed by atoms with van der Waals surface area (Å²) in [6, 6.07) is 10.0. The Morgan fingerprint density at radius 1 is 1.15 bits per heavy atom. The number of nitrogens with one attached hydrogen (secondary N) is 1. The Bertz CT molecular complexity index is 850. The number of alkyl halides is 3. The van der Waals surface area contributed by atoms with Gasteiger partial charge in [-0.05, 0) is 48.4 Å². The summed E-state index contributed by atoms with van der Waals surface area (Å²) in [6.45, 7) is 0.204. The van der Waals surface area contributed by atoms with Crippen LogP contribution >= 0.6 is 0 Å². The molecule has 2 aromatic carbocycles. The molecule has 1 aliphatic heterocycles. The van der Waals surface area contributed by atoms with Gasteiger partial charge < -0.3 is 10.2 Å². The Kier molecular flexibility index (Phi) is 5.16. The van der Waals surface area contributed by atoms with Gasteiger partial charge in [0, 0.05) is 18.8 Å². The van der Waals surface area contributed by atoms with Gasteiger partial charge in [0.1, 0.15) is 11.7 Å². The van der Waals surface area contributed by atoms with E-state index in [4.69, 9.17) is 0 Å². The number of hydrogen-bond donors (Lipinski definition) is 1. The minimum atomic E-state index is -4.46. The number of nitrogens with zero attached hydrogens (tertiary/aromatic N) is 1. The Morgan fingerprint density at radius 2 is 1.85 bits per heavy atom. The van der Waals surface area contributed by atoms with E-state index in [0.717, 1.165) is 12.1 Å². The maximum absolute atomic E-state index is 13.0. The third-order valence-electron chi connectivity index (χ3n) is 4.38. The minimum absolute atomic E-state index is 0.108. The first-order valence-electron chi connectivity index (χ1n) is 8.26. The lowest BCUT2D eigenvalue weighted by Crippen LogP contribution is -2.36. The summed E-state index contributed by atoms with van der Waals surface area (Å²) in [4.78, 5) is 26.1. The molecule has 1 unspecified atom stereocenters. The predicted molar refractivity (Wildman–Crippen MR) is 90.2 cm³/mol. The fourth-order valence-electron chi connectivity index (χ4n) is 2.97. The van der Waals surface area contributed by atoms with Gasteiger partial charge in [0.2, 0.25) is 11.8 Å². The highest BCUT2D eigenvalue weighted by Crippen LogP contribution is 2.29. The molecule has 27 heavy (non-hydrogen) atoms. The molecule has 4 nitrogen and oxygen atoms in total. The molecule has 1 heterocycles. The van der Waals surface area contributed by atoms with E-state index < -0.39 is 35.3 Å². The van der Waals surface area contributed by atoms with Crippen molar-refractivity contribution in [3.8, 4) is 0 Å². The largest absolute Gasteiger partial charge is 0.416 e. The summed E-state index contributed by atoms with van der Waals surface area (Å²) in [5.74, 6) is -2.30. The van der Waals surface area contributed by atoms with Crippen LogP contribution in [0.15, 0.2) is 48.5 Å².